The van der Waals surface area contributed by atoms with E-state index in [0.29, 0.717) is 25.9 Å². The third kappa shape index (κ3) is 36.1. The van der Waals surface area contributed by atoms with Gasteiger partial charge in [-0.05, 0) is 51.4 Å². The fraction of sp³-hybridized carbons (Fsp3) is 0.864. The molecule has 1 amide bonds. The Hall–Kier alpha value is -1.66. The molecule has 3 N–H and O–H groups in total. The van der Waals surface area contributed by atoms with Crippen LogP contribution in [0.4, 0.5) is 0 Å². The van der Waals surface area contributed by atoms with Gasteiger partial charge in [-0.2, -0.15) is 0 Å². The van der Waals surface area contributed by atoms with E-state index in [0.717, 1.165) is 70.6 Å². The molecular formula is C44H83NO5. The van der Waals surface area contributed by atoms with Crippen molar-refractivity contribution in [3.05, 3.63) is 24.3 Å². The van der Waals surface area contributed by atoms with Crippen molar-refractivity contribution in [2.75, 3.05) is 13.2 Å². The fourth-order valence-electron chi connectivity index (χ4n) is 6.36. The van der Waals surface area contributed by atoms with Gasteiger partial charge in [0.2, 0.25) is 5.91 Å². The predicted molar refractivity (Wildman–Crippen MR) is 213 cm³/mol. The average molecular weight is 706 g/mol. The number of ether oxygens (including phenoxy) is 1. The van der Waals surface area contributed by atoms with E-state index in [1.165, 1.54) is 116 Å². The van der Waals surface area contributed by atoms with Crippen LogP contribution in [0.15, 0.2) is 24.3 Å². The molecule has 6 nitrogen and oxygen atoms in total. The van der Waals surface area contributed by atoms with Crippen molar-refractivity contribution in [2.45, 2.75) is 231 Å². The topological polar surface area (TPSA) is 95.9 Å². The summed E-state index contributed by atoms with van der Waals surface area (Å²) in [6.07, 6.45) is 44.1. The number of amides is 1. The molecule has 294 valence electrons. The van der Waals surface area contributed by atoms with Gasteiger partial charge in [0.15, 0.2) is 0 Å². The molecule has 0 aliphatic rings. The number of aliphatic hydroxyl groups is 2. The zero-order chi connectivity index (χ0) is 36.6. The number of unbranched alkanes of at least 4 members (excludes halogenated alkanes) is 24. The summed E-state index contributed by atoms with van der Waals surface area (Å²) in [5.74, 6) is -0.108. The van der Waals surface area contributed by atoms with Crippen LogP contribution in [0.1, 0.15) is 219 Å². The highest BCUT2D eigenvalue weighted by molar-refractivity contribution is 5.76. The summed E-state index contributed by atoms with van der Waals surface area (Å²) in [7, 11) is 0. The van der Waals surface area contributed by atoms with Crippen LogP contribution in [0.3, 0.4) is 0 Å². The number of carbonyl (C=O) groups is 2. The monoisotopic (exact) mass is 706 g/mol. The molecule has 2 atom stereocenters. The first-order chi connectivity index (χ1) is 24.5. The maximum absolute atomic E-state index is 12.4. The lowest BCUT2D eigenvalue weighted by Crippen LogP contribution is -2.45. The molecule has 0 fully saturated rings. The van der Waals surface area contributed by atoms with Crippen molar-refractivity contribution in [1.82, 2.24) is 5.32 Å². The molecule has 0 spiro atoms. The Labute approximate surface area is 310 Å². The molecule has 0 aliphatic heterocycles. The highest BCUT2D eigenvalue weighted by Gasteiger charge is 2.20. The number of carbonyl (C=O) groups excluding carboxylic acids is 2. The van der Waals surface area contributed by atoms with Crippen molar-refractivity contribution in [3.63, 3.8) is 0 Å². The molecule has 2 unspecified atom stereocenters. The van der Waals surface area contributed by atoms with E-state index in [-0.39, 0.29) is 18.5 Å². The molecular weight excluding hydrogens is 622 g/mol. The van der Waals surface area contributed by atoms with E-state index in [4.69, 9.17) is 4.74 Å². The number of aliphatic hydroxyl groups excluding tert-OH is 2. The summed E-state index contributed by atoms with van der Waals surface area (Å²) in [5, 5.41) is 23.0. The van der Waals surface area contributed by atoms with Gasteiger partial charge >= 0.3 is 5.97 Å². The lowest BCUT2D eigenvalue weighted by molar-refractivity contribution is -0.143. The zero-order valence-corrected chi connectivity index (χ0v) is 33.1. The van der Waals surface area contributed by atoms with E-state index < -0.39 is 12.1 Å². The van der Waals surface area contributed by atoms with Crippen LogP contribution in [-0.2, 0) is 14.3 Å². The van der Waals surface area contributed by atoms with Gasteiger partial charge in [-0.1, -0.05) is 179 Å². The average Bonchev–Trinajstić information content (AvgIpc) is 3.11. The molecule has 0 aromatic rings. The van der Waals surface area contributed by atoms with Crippen molar-refractivity contribution in [1.29, 1.82) is 0 Å². The Balaban J connectivity index is 3.51. The quantitative estimate of drug-likeness (QED) is 0.0336. The smallest absolute Gasteiger partial charge is 0.305 e. The van der Waals surface area contributed by atoms with E-state index >= 15 is 0 Å². The second-order valence-corrected chi connectivity index (χ2v) is 14.7. The third-order valence-corrected chi connectivity index (χ3v) is 9.75. The second-order valence-electron chi connectivity index (χ2n) is 14.7. The molecule has 6 heteroatoms. The Morgan fingerprint density at radius 2 is 1.02 bits per heavy atom. The third-order valence-electron chi connectivity index (χ3n) is 9.75. The van der Waals surface area contributed by atoms with Crippen molar-refractivity contribution in [2.24, 2.45) is 0 Å². The van der Waals surface area contributed by atoms with Crippen LogP contribution >= 0.6 is 0 Å². The first kappa shape index (κ1) is 48.3. The standard InChI is InChI=1S/C44H83NO5/c1-3-5-7-9-11-13-15-16-17-18-22-26-30-34-38-44(49)50-39-35-31-27-23-19-21-25-29-33-37-43(48)45-41(40-46)42(47)36-32-28-24-20-14-12-10-8-6-4-2/h9,11,15-16,41-42,46-47H,3-8,10,12-14,17-40H2,1-2H3,(H,45,48)/b11-9-,16-15-. The van der Waals surface area contributed by atoms with Crippen LogP contribution in [0.5, 0.6) is 0 Å². The van der Waals surface area contributed by atoms with Crippen LogP contribution in [0.25, 0.3) is 0 Å². The van der Waals surface area contributed by atoms with Crippen LogP contribution < -0.4 is 5.32 Å². The van der Waals surface area contributed by atoms with E-state index in [1.54, 1.807) is 0 Å². The Kier molecular flexibility index (Phi) is 38.8. The minimum absolute atomic E-state index is 0.0407. The van der Waals surface area contributed by atoms with Crippen LogP contribution in [-0.4, -0.2) is 47.4 Å². The molecule has 50 heavy (non-hydrogen) atoms. The summed E-state index contributed by atoms with van der Waals surface area (Å²) in [4.78, 5) is 24.3. The Bertz CT molecular complexity index is 782. The number of nitrogens with one attached hydrogen (secondary N) is 1. The lowest BCUT2D eigenvalue weighted by Gasteiger charge is -2.22. The molecule has 0 saturated heterocycles. The lowest BCUT2D eigenvalue weighted by atomic mass is 10.0. The first-order valence-electron chi connectivity index (χ1n) is 21.6. The summed E-state index contributed by atoms with van der Waals surface area (Å²) in [6.45, 7) is 4.81. The van der Waals surface area contributed by atoms with Gasteiger partial charge in [-0.15, -0.1) is 0 Å². The maximum atomic E-state index is 12.4. The Morgan fingerprint density at radius 1 is 0.560 bits per heavy atom. The van der Waals surface area contributed by atoms with Gasteiger partial charge in [0.1, 0.15) is 0 Å². The van der Waals surface area contributed by atoms with Crippen molar-refractivity contribution >= 4 is 11.9 Å². The van der Waals surface area contributed by atoms with Gasteiger partial charge in [0.25, 0.3) is 0 Å². The second kappa shape index (κ2) is 40.1. The summed E-state index contributed by atoms with van der Waals surface area (Å²) in [5.41, 5.74) is 0. The van der Waals surface area contributed by atoms with E-state index in [9.17, 15) is 19.8 Å². The van der Waals surface area contributed by atoms with E-state index in [2.05, 4.69) is 43.5 Å². The molecule has 0 aliphatic carbocycles. The molecule has 0 saturated carbocycles. The van der Waals surface area contributed by atoms with E-state index in [1.807, 2.05) is 0 Å². The van der Waals surface area contributed by atoms with Gasteiger partial charge in [-0.3, -0.25) is 9.59 Å². The Morgan fingerprint density at radius 3 is 1.58 bits per heavy atom. The largest absolute Gasteiger partial charge is 0.466 e. The normalized spacial score (nSPS) is 13.0. The van der Waals surface area contributed by atoms with Crippen LogP contribution in [0, 0.1) is 0 Å². The number of hydrogen-bond acceptors (Lipinski definition) is 5. The van der Waals surface area contributed by atoms with Gasteiger partial charge < -0.3 is 20.3 Å². The maximum Gasteiger partial charge on any atom is 0.305 e. The SMILES string of the molecule is CCCC/C=C\C/C=C\CCCCCCCC(=O)OCCCCCCCCCCCC(=O)NC(CO)C(O)CCCCCCCCCCCC. The molecule has 0 aromatic carbocycles. The molecule has 0 heterocycles. The molecule has 0 aromatic heterocycles. The minimum Gasteiger partial charge on any atom is -0.466 e. The highest BCUT2D eigenvalue weighted by Crippen LogP contribution is 2.15. The van der Waals surface area contributed by atoms with Gasteiger partial charge in [-0.25, -0.2) is 0 Å². The van der Waals surface area contributed by atoms with Crippen molar-refractivity contribution in [3.8, 4) is 0 Å². The highest BCUT2D eigenvalue weighted by atomic mass is 16.5. The van der Waals surface area contributed by atoms with Gasteiger partial charge in [0.05, 0.1) is 25.4 Å². The number of rotatable bonds is 39. The predicted octanol–water partition coefficient (Wildman–Crippen LogP) is 12.0. The minimum atomic E-state index is -0.680. The number of esters is 1. The summed E-state index contributed by atoms with van der Waals surface area (Å²) in [6, 6.07) is -0.560. The van der Waals surface area contributed by atoms with Crippen molar-refractivity contribution < 1.29 is 24.5 Å². The number of allylic oxidation sites excluding steroid dienone is 4. The summed E-state index contributed by atoms with van der Waals surface area (Å²) >= 11 is 0. The number of hydrogen-bond donors (Lipinski definition) is 3. The van der Waals surface area contributed by atoms with Crippen LogP contribution in [0.2, 0.25) is 0 Å². The zero-order valence-electron chi connectivity index (χ0n) is 33.1. The molecule has 0 rings (SSSR count). The first-order valence-corrected chi connectivity index (χ1v) is 21.6. The molecule has 0 radical (unpaired) electrons. The summed E-state index contributed by atoms with van der Waals surface area (Å²) < 4.78 is 5.42. The van der Waals surface area contributed by atoms with Gasteiger partial charge in [0, 0.05) is 12.8 Å². The fourth-order valence-corrected chi connectivity index (χ4v) is 6.36. The molecule has 0 bridgehead atoms.